The predicted octanol–water partition coefficient (Wildman–Crippen LogP) is 8.39. The van der Waals surface area contributed by atoms with Gasteiger partial charge in [-0.05, 0) is 91.1 Å². The fourth-order valence-corrected chi connectivity index (χ4v) is 5.99. The summed E-state index contributed by atoms with van der Waals surface area (Å²) in [5.74, 6) is -1.28. The summed E-state index contributed by atoms with van der Waals surface area (Å²) in [6.07, 6.45) is 9.83. The van der Waals surface area contributed by atoms with E-state index in [9.17, 15) is 18.4 Å². The van der Waals surface area contributed by atoms with Crippen LogP contribution in [-0.2, 0) is 17.6 Å². The van der Waals surface area contributed by atoms with Gasteiger partial charge < -0.3 is 0 Å². The van der Waals surface area contributed by atoms with E-state index in [2.05, 4.69) is 25.1 Å². The number of hydrogen-bond acceptors (Lipinski definition) is 2. The minimum Gasteiger partial charge on any atom is -0.295 e. The first-order valence-corrected chi connectivity index (χ1v) is 13.6. The van der Waals surface area contributed by atoms with Gasteiger partial charge in [0.15, 0.2) is 11.6 Å². The molecule has 2 aliphatic rings. The van der Waals surface area contributed by atoms with E-state index >= 15 is 0 Å². The summed E-state index contributed by atoms with van der Waals surface area (Å²) >= 11 is 0. The van der Waals surface area contributed by atoms with Gasteiger partial charge in [-0.2, -0.15) is 0 Å². The molecule has 198 valence electrons. The van der Waals surface area contributed by atoms with Crippen molar-refractivity contribution in [3.8, 4) is 0 Å². The molecular formula is C35H32F2O2. The number of carbonyl (C=O) groups is 2. The third kappa shape index (κ3) is 5.61. The van der Waals surface area contributed by atoms with Crippen LogP contribution in [0.2, 0.25) is 0 Å². The number of allylic oxidation sites excluding steroid dienone is 6. The Morgan fingerprint density at radius 3 is 2.36 bits per heavy atom. The van der Waals surface area contributed by atoms with Crippen LogP contribution in [0.1, 0.15) is 77.6 Å². The maximum Gasteiger partial charge on any atom is 0.192 e. The summed E-state index contributed by atoms with van der Waals surface area (Å²) in [5.41, 5.74) is 7.25. The fraction of sp³-hybridized carbons (Fsp3) is 0.257. The van der Waals surface area contributed by atoms with Gasteiger partial charge in [-0.1, -0.05) is 73.2 Å². The first kappa shape index (κ1) is 26.7. The third-order valence-electron chi connectivity index (χ3n) is 8.07. The lowest BCUT2D eigenvalue weighted by molar-refractivity contribution is -0.113. The molecule has 0 amide bonds. The largest absolute Gasteiger partial charge is 0.295 e. The molecule has 0 fully saturated rings. The zero-order valence-electron chi connectivity index (χ0n) is 22.3. The topological polar surface area (TPSA) is 34.1 Å². The molecule has 2 unspecified atom stereocenters. The van der Waals surface area contributed by atoms with Crippen LogP contribution in [0.4, 0.5) is 8.78 Å². The lowest BCUT2D eigenvalue weighted by atomic mass is 9.81. The van der Waals surface area contributed by atoms with Gasteiger partial charge >= 0.3 is 0 Å². The molecular weight excluding hydrogens is 490 g/mol. The van der Waals surface area contributed by atoms with Crippen molar-refractivity contribution in [2.45, 2.75) is 57.8 Å². The monoisotopic (exact) mass is 522 g/mol. The van der Waals surface area contributed by atoms with Crippen LogP contribution in [0.5, 0.6) is 0 Å². The van der Waals surface area contributed by atoms with Crippen molar-refractivity contribution in [3.63, 3.8) is 0 Å². The summed E-state index contributed by atoms with van der Waals surface area (Å²) in [7, 11) is 0. The summed E-state index contributed by atoms with van der Waals surface area (Å²) in [5, 5.41) is 0. The van der Waals surface area contributed by atoms with Crippen LogP contribution in [0.25, 0.3) is 0 Å². The van der Waals surface area contributed by atoms with Gasteiger partial charge in [0.05, 0.1) is 5.56 Å². The quantitative estimate of drug-likeness (QED) is 0.265. The minimum absolute atomic E-state index is 0.0738. The summed E-state index contributed by atoms with van der Waals surface area (Å²) in [6, 6.07) is 18.8. The Morgan fingerprint density at radius 2 is 1.67 bits per heavy atom. The first-order valence-electron chi connectivity index (χ1n) is 13.6. The smallest absolute Gasteiger partial charge is 0.192 e. The maximum absolute atomic E-state index is 14.7. The highest BCUT2D eigenvalue weighted by Gasteiger charge is 2.35. The van der Waals surface area contributed by atoms with Crippen LogP contribution in [0.15, 0.2) is 102 Å². The average molecular weight is 523 g/mol. The second-order valence-corrected chi connectivity index (χ2v) is 10.5. The second-order valence-electron chi connectivity index (χ2n) is 10.5. The predicted molar refractivity (Wildman–Crippen MR) is 151 cm³/mol. The molecule has 39 heavy (non-hydrogen) atoms. The Hall–Kier alpha value is -3.92. The summed E-state index contributed by atoms with van der Waals surface area (Å²) < 4.78 is 28.3. The molecule has 0 bridgehead atoms. The number of carbonyl (C=O) groups excluding carboxylic acids is 2. The van der Waals surface area contributed by atoms with Gasteiger partial charge in [0.1, 0.15) is 11.6 Å². The normalized spacial score (nSPS) is 18.5. The maximum atomic E-state index is 14.7. The standard InChI is InChI=1S/C35H32F2O2/c1-3-29-25(13-11-23-12-14-26(19-23)22(2)38)7-6-9-30(29)32-20-27(24-15-17-28(36)18-16-24)21-33(32)35(39)31-8-4-5-10-34(31)37/h4-10,12,14-18,21,27,32H,3,11,13,19-20H2,1-2H3. The lowest BCUT2D eigenvalue weighted by Crippen LogP contribution is -2.13. The average Bonchev–Trinajstić information content (AvgIpc) is 3.60. The van der Waals surface area contributed by atoms with Crippen molar-refractivity contribution in [2.75, 3.05) is 0 Å². The van der Waals surface area contributed by atoms with E-state index in [1.54, 1.807) is 31.2 Å². The van der Waals surface area contributed by atoms with Crippen molar-refractivity contribution in [1.29, 1.82) is 0 Å². The molecule has 0 saturated carbocycles. The Balaban J connectivity index is 1.47. The molecule has 0 saturated heterocycles. The number of ketones is 2. The van der Waals surface area contributed by atoms with Crippen LogP contribution >= 0.6 is 0 Å². The molecule has 0 aromatic heterocycles. The molecule has 2 atom stereocenters. The molecule has 5 rings (SSSR count). The summed E-state index contributed by atoms with van der Waals surface area (Å²) in [6.45, 7) is 3.73. The molecule has 2 aliphatic carbocycles. The molecule has 3 aromatic carbocycles. The van der Waals surface area contributed by atoms with Gasteiger partial charge in [0.2, 0.25) is 0 Å². The van der Waals surface area contributed by atoms with Gasteiger partial charge in [-0.25, -0.2) is 8.78 Å². The Labute approximate surface area is 228 Å². The number of hydrogen-bond donors (Lipinski definition) is 0. The van der Waals surface area contributed by atoms with E-state index in [-0.39, 0.29) is 34.8 Å². The second kappa shape index (κ2) is 11.4. The molecule has 0 heterocycles. The zero-order chi connectivity index (χ0) is 27.5. The highest BCUT2D eigenvalue weighted by molar-refractivity contribution is 6.10. The number of aryl methyl sites for hydroxylation is 1. The molecule has 2 nitrogen and oxygen atoms in total. The SMILES string of the molecule is CCc1c(CCC2=CC=C(C(C)=O)C2)cccc1C1CC(c2ccc(F)cc2)C=C1C(=O)c1ccccc1F. The highest BCUT2D eigenvalue weighted by Crippen LogP contribution is 2.46. The third-order valence-corrected chi connectivity index (χ3v) is 8.07. The lowest BCUT2D eigenvalue weighted by Gasteiger charge is -2.22. The molecule has 0 spiro atoms. The number of benzene rings is 3. The van der Waals surface area contributed by atoms with Gasteiger partial charge in [-0.15, -0.1) is 0 Å². The fourth-order valence-electron chi connectivity index (χ4n) is 5.99. The molecule has 0 aliphatic heterocycles. The highest BCUT2D eigenvalue weighted by atomic mass is 19.1. The minimum atomic E-state index is -0.528. The Morgan fingerprint density at radius 1 is 0.897 bits per heavy atom. The van der Waals surface area contributed by atoms with Crippen LogP contribution in [-0.4, -0.2) is 11.6 Å². The van der Waals surface area contributed by atoms with Crippen molar-refractivity contribution < 1.29 is 18.4 Å². The Kier molecular flexibility index (Phi) is 7.83. The van der Waals surface area contributed by atoms with Gasteiger partial charge in [-0.3, -0.25) is 9.59 Å². The molecule has 3 aromatic rings. The summed E-state index contributed by atoms with van der Waals surface area (Å²) in [4.78, 5) is 25.5. The van der Waals surface area contributed by atoms with E-state index in [4.69, 9.17) is 0 Å². The molecule has 0 radical (unpaired) electrons. The molecule has 0 N–H and O–H groups in total. The van der Waals surface area contributed by atoms with Crippen LogP contribution in [0.3, 0.4) is 0 Å². The van der Waals surface area contributed by atoms with E-state index in [0.29, 0.717) is 18.4 Å². The van der Waals surface area contributed by atoms with Crippen LogP contribution in [0, 0.1) is 11.6 Å². The number of rotatable bonds is 9. The van der Waals surface area contributed by atoms with E-state index in [0.717, 1.165) is 36.0 Å². The van der Waals surface area contributed by atoms with Crippen molar-refractivity contribution >= 4 is 11.6 Å². The van der Waals surface area contributed by atoms with Gasteiger partial charge in [0.25, 0.3) is 0 Å². The first-order chi connectivity index (χ1) is 18.9. The van der Waals surface area contributed by atoms with E-state index < -0.39 is 5.82 Å². The number of Topliss-reactive ketones (excluding diaryl/α,β-unsaturated/α-hetero) is 2. The number of halogens is 2. The van der Waals surface area contributed by atoms with E-state index in [1.165, 1.54) is 41.0 Å². The van der Waals surface area contributed by atoms with Crippen LogP contribution < -0.4 is 0 Å². The Bertz CT molecular complexity index is 1510. The zero-order valence-corrected chi connectivity index (χ0v) is 22.3. The van der Waals surface area contributed by atoms with E-state index in [1.807, 2.05) is 18.2 Å². The van der Waals surface area contributed by atoms with Crippen molar-refractivity contribution in [1.82, 2.24) is 0 Å². The molecule has 4 heteroatoms. The van der Waals surface area contributed by atoms with Gasteiger partial charge in [0, 0.05) is 17.4 Å². The van der Waals surface area contributed by atoms with Crippen molar-refractivity contribution in [2.24, 2.45) is 0 Å². The van der Waals surface area contributed by atoms with Crippen molar-refractivity contribution in [3.05, 3.63) is 141 Å².